The number of likely N-dealkylation sites (tertiary alicyclic amines) is 1. The van der Waals surface area contributed by atoms with E-state index >= 15 is 0 Å². The number of nitrogens with zero attached hydrogens (tertiary/aromatic N) is 1. The molecule has 1 aliphatic rings. The van der Waals surface area contributed by atoms with Crippen molar-refractivity contribution >= 4 is 23.4 Å². The summed E-state index contributed by atoms with van der Waals surface area (Å²) in [6, 6.07) is 8.00. The van der Waals surface area contributed by atoms with Crippen LogP contribution in [0.5, 0.6) is 0 Å². The fourth-order valence-electron chi connectivity index (χ4n) is 2.86. The Kier molecular flexibility index (Phi) is 5.53. The molecule has 22 heavy (non-hydrogen) atoms. The summed E-state index contributed by atoms with van der Waals surface area (Å²) in [6.07, 6.45) is 2.97. The van der Waals surface area contributed by atoms with Crippen molar-refractivity contribution in [2.75, 3.05) is 24.7 Å². The van der Waals surface area contributed by atoms with Gasteiger partial charge in [-0.3, -0.25) is 9.69 Å². The van der Waals surface area contributed by atoms with Gasteiger partial charge in [-0.25, -0.2) is 0 Å². The molecule has 0 spiro atoms. The summed E-state index contributed by atoms with van der Waals surface area (Å²) >= 11 is 1.67. The zero-order valence-corrected chi connectivity index (χ0v) is 14.7. The third kappa shape index (κ3) is 4.03. The van der Waals surface area contributed by atoms with E-state index in [1.165, 1.54) is 0 Å². The summed E-state index contributed by atoms with van der Waals surface area (Å²) in [6.45, 7) is 8.06. The van der Waals surface area contributed by atoms with Gasteiger partial charge in [0.2, 0.25) is 5.91 Å². The molecule has 5 heteroatoms. The molecular weight excluding hydrogens is 294 g/mol. The number of carbonyl (C=O) groups excluding carboxylic acids is 1. The van der Waals surface area contributed by atoms with E-state index in [1.54, 1.807) is 11.8 Å². The minimum Gasteiger partial charge on any atom is -0.327 e. The van der Waals surface area contributed by atoms with Crippen LogP contribution >= 0.6 is 11.8 Å². The summed E-state index contributed by atoms with van der Waals surface area (Å²) in [7, 11) is 0. The van der Waals surface area contributed by atoms with Crippen molar-refractivity contribution in [3.8, 4) is 0 Å². The summed E-state index contributed by atoms with van der Waals surface area (Å²) < 4.78 is 0. The maximum absolute atomic E-state index is 12.5. The van der Waals surface area contributed by atoms with E-state index < -0.39 is 0 Å². The molecule has 0 saturated carbocycles. The first kappa shape index (κ1) is 17.3. The number of hydrogen-bond acceptors (Lipinski definition) is 4. The van der Waals surface area contributed by atoms with E-state index in [-0.39, 0.29) is 23.4 Å². The SMILES string of the molecule is CSc1cccc(NC(=O)C(C)N2CCC(N)C(C)(C)C2)c1. The van der Waals surface area contributed by atoms with Crippen LogP contribution in [-0.4, -0.2) is 42.2 Å². The molecule has 2 atom stereocenters. The highest BCUT2D eigenvalue weighted by atomic mass is 32.2. The number of piperidine rings is 1. The molecule has 0 aromatic heterocycles. The van der Waals surface area contributed by atoms with Crippen molar-refractivity contribution in [2.24, 2.45) is 11.1 Å². The van der Waals surface area contributed by atoms with Gasteiger partial charge in [0, 0.05) is 29.7 Å². The predicted molar refractivity (Wildman–Crippen MR) is 94.3 cm³/mol. The second-order valence-corrected chi connectivity index (χ2v) is 7.63. The molecule has 0 aliphatic carbocycles. The fourth-order valence-corrected chi connectivity index (χ4v) is 3.32. The first-order chi connectivity index (χ1) is 10.3. The second-order valence-electron chi connectivity index (χ2n) is 6.75. The van der Waals surface area contributed by atoms with Gasteiger partial charge in [0.15, 0.2) is 0 Å². The minimum atomic E-state index is -0.148. The molecule has 0 bridgehead atoms. The highest BCUT2D eigenvalue weighted by Gasteiger charge is 2.36. The average Bonchev–Trinajstić information content (AvgIpc) is 2.49. The quantitative estimate of drug-likeness (QED) is 0.837. The minimum absolute atomic E-state index is 0.0459. The van der Waals surface area contributed by atoms with Crippen LogP contribution in [0.15, 0.2) is 29.2 Å². The lowest BCUT2D eigenvalue weighted by Gasteiger charge is -2.44. The zero-order valence-electron chi connectivity index (χ0n) is 13.9. The number of benzene rings is 1. The van der Waals surface area contributed by atoms with Crippen molar-refractivity contribution in [2.45, 2.75) is 44.2 Å². The Hall–Kier alpha value is -1.04. The monoisotopic (exact) mass is 321 g/mol. The standard InChI is InChI=1S/C17H27N3OS/c1-12(20-9-8-15(18)17(2,3)11-20)16(21)19-13-6-5-7-14(10-13)22-4/h5-7,10,12,15H,8-9,11,18H2,1-4H3,(H,19,21). The third-order valence-corrected chi connectivity index (χ3v) is 5.33. The summed E-state index contributed by atoms with van der Waals surface area (Å²) in [5.41, 5.74) is 7.08. The maximum atomic E-state index is 12.5. The van der Waals surface area contributed by atoms with Gasteiger partial charge >= 0.3 is 0 Å². The van der Waals surface area contributed by atoms with E-state index in [9.17, 15) is 4.79 Å². The van der Waals surface area contributed by atoms with Gasteiger partial charge in [-0.2, -0.15) is 0 Å². The first-order valence-electron chi connectivity index (χ1n) is 7.78. The Morgan fingerprint density at radius 1 is 1.50 bits per heavy atom. The van der Waals surface area contributed by atoms with Gasteiger partial charge in [0.05, 0.1) is 6.04 Å². The summed E-state index contributed by atoms with van der Waals surface area (Å²) in [5, 5.41) is 3.03. The van der Waals surface area contributed by atoms with E-state index in [1.807, 2.05) is 37.4 Å². The molecule has 1 saturated heterocycles. The van der Waals surface area contributed by atoms with Crippen LogP contribution in [0.2, 0.25) is 0 Å². The molecule has 3 N–H and O–H groups in total. The smallest absolute Gasteiger partial charge is 0.241 e. The van der Waals surface area contributed by atoms with Gasteiger partial charge in [0.25, 0.3) is 0 Å². The number of carbonyl (C=O) groups is 1. The second kappa shape index (κ2) is 7.02. The Morgan fingerprint density at radius 2 is 2.23 bits per heavy atom. The molecule has 4 nitrogen and oxygen atoms in total. The van der Waals surface area contributed by atoms with Gasteiger partial charge in [-0.05, 0) is 43.2 Å². The third-order valence-electron chi connectivity index (χ3n) is 4.61. The summed E-state index contributed by atoms with van der Waals surface area (Å²) in [4.78, 5) is 15.9. The molecule has 1 aliphatic heterocycles. The van der Waals surface area contributed by atoms with Crippen molar-refractivity contribution in [1.82, 2.24) is 4.90 Å². The number of hydrogen-bond donors (Lipinski definition) is 2. The lowest BCUT2D eigenvalue weighted by molar-refractivity contribution is -0.122. The Labute approximate surface area is 137 Å². The Bertz CT molecular complexity index is 532. The topological polar surface area (TPSA) is 58.4 Å². The van der Waals surface area contributed by atoms with Crippen molar-refractivity contribution in [3.05, 3.63) is 24.3 Å². The van der Waals surface area contributed by atoms with Gasteiger partial charge in [-0.1, -0.05) is 19.9 Å². The van der Waals surface area contributed by atoms with Gasteiger partial charge in [-0.15, -0.1) is 11.8 Å². The van der Waals surface area contributed by atoms with E-state index in [2.05, 4.69) is 24.1 Å². The van der Waals surface area contributed by atoms with E-state index in [0.29, 0.717) is 0 Å². The largest absolute Gasteiger partial charge is 0.327 e. The number of thioether (sulfide) groups is 1. The number of anilines is 1. The molecule has 0 radical (unpaired) electrons. The van der Waals surface area contributed by atoms with E-state index in [4.69, 9.17) is 5.73 Å². The lowest BCUT2D eigenvalue weighted by Crippen LogP contribution is -2.56. The maximum Gasteiger partial charge on any atom is 0.241 e. The van der Waals surface area contributed by atoms with Crippen molar-refractivity contribution in [3.63, 3.8) is 0 Å². The molecule has 122 valence electrons. The zero-order chi connectivity index (χ0) is 16.3. The van der Waals surface area contributed by atoms with Crippen LogP contribution in [0, 0.1) is 5.41 Å². The van der Waals surface area contributed by atoms with Gasteiger partial charge < -0.3 is 11.1 Å². The number of rotatable bonds is 4. The molecule has 1 amide bonds. The first-order valence-corrected chi connectivity index (χ1v) is 9.00. The predicted octanol–water partition coefficient (Wildman–Crippen LogP) is 2.79. The molecule has 1 fully saturated rings. The molecular formula is C17H27N3OS. The highest BCUT2D eigenvalue weighted by Crippen LogP contribution is 2.29. The lowest BCUT2D eigenvalue weighted by atomic mass is 9.79. The van der Waals surface area contributed by atoms with Crippen LogP contribution in [-0.2, 0) is 4.79 Å². The fraction of sp³-hybridized carbons (Fsp3) is 0.588. The van der Waals surface area contributed by atoms with Crippen molar-refractivity contribution < 1.29 is 4.79 Å². The highest BCUT2D eigenvalue weighted by molar-refractivity contribution is 7.98. The Balaban J connectivity index is 2.00. The normalized spacial score (nSPS) is 23.0. The van der Waals surface area contributed by atoms with Crippen LogP contribution in [0.4, 0.5) is 5.69 Å². The van der Waals surface area contributed by atoms with Gasteiger partial charge in [0.1, 0.15) is 0 Å². The van der Waals surface area contributed by atoms with Crippen molar-refractivity contribution in [1.29, 1.82) is 0 Å². The average molecular weight is 321 g/mol. The van der Waals surface area contributed by atoms with Crippen LogP contribution < -0.4 is 11.1 Å². The number of nitrogens with one attached hydrogen (secondary N) is 1. The summed E-state index contributed by atoms with van der Waals surface area (Å²) in [5.74, 6) is 0.0459. The van der Waals surface area contributed by atoms with Crippen LogP contribution in [0.3, 0.4) is 0 Å². The number of amides is 1. The number of nitrogens with two attached hydrogens (primary N) is 1. The molecule has 1 aromatic rings. The Morgan fingerprint density at radius 3 is 2.86 bits per heavy atom. The molecule has 2 rings (SSSR count). The molecule has 1 heterocycles. The van der Waals surface area contributed by atoms with Crippen LogP contribution in [0.25, 0.3) is 0 Å². The molecule has 1 aromatic carbocycles. The molecule has 2 unspecified atom stereocenters. The van der Waals surface area contributed by atoms with Crippen LogP contribution in [0.1, 0.15) is 27.2 Å². The van der Waals surface area contributed by atoms with E-state index in [0.717, 1.165) is 30.1 Å².